The zero-order valence-electron chi connectivity index (χ0n) is 13.7. The molecule has 4 rings (SSSR count). The highest BCUT2D eigenvalue weighted by Gasteiger charge is 2.32. The van der Waals surface area contributed by atoms with E-state index in [2.05, 4.69) is 10.6 Å². The molecule has 1 aliphatic heterocycles. The van der Waals surface area contributed by atoms with Crippen LogP contribution in [0.25, 0.3) is 0 Å². The topological polar surface area (TPSA) is 70.7 Å². The Morgan fingerprint density at radius 2 is 2.00 bits per heavy atom. The van der Waals surface area contributed by atoms with Crippen molar-refractivity contribution in [2.24, 2.45) is 0 Å². The minimum Gasteiger partial charge on any atom is -0.482 e. The van der Waals surface area contributed by atoms with E-state index in [1.807, 2.05) is 35.2 Å². The van der Waals surface area contributed by atoms with Gasteiger partial charge < -0.3 is 20.3 Å². The Bertz CT molecular complexity index is 803. The first-order valence-electron chi connectivity index (χ1n) is 8.37. The van der Waals surface area contributed by atoms with Gasteiger partial charge in [-0.15, -0.1) is 0 Å². The first kappa shape index (κ1) is 15.5. The Morgan fingerprint density at radius 3 is 2.76 bits per heavy atom. The summed E-state index contributed by atoms with van der Waals surface area (Å²) in [4.78, 5) is 25.9. The van der Waals surface area contributed by atoms with E-state index in [0.717, 1.165) is 18.4 Å². The zero-order chi connectivity index (χ0) is 17.2. The molecule has 0 aromatic heterocycles. The molecule has 2 aliphatic rings. The lowest BCUT2D eigenvalue weighted by Gasteiger charge is -2.24. The lowest BCUT2D eigenvalue weighted by molar-refractivity contribution is -0.118. The predicted octanol–water partition coefficient (Wildman–Crippen LogP) is 3.21. The Labute approximate surface area is 145 Å². The van der Waals surface area contributed by atoms with Crippen LogP contribution < -0.4 is 15.4 Å². The molecule has 2 aromatic rings. The minimum absolute atomic E-state index is 0.00734. The Hall–Kier alpha value is -3.02. The number of urea groups is 1. The van der Waals surface area contributed by atoms with Crippen LogP contribution in [0.4, 0.5) is 16.2 Å². The predicted molar refractivity (Wildman–Crippen MR) is 94.6 cm³/mol. The fourth-order valence-corrected chi connectivity index (χ4v) is 2.88. The number of fused-ring (bicyclic) bond motifs is 1. The third kappa shape index (κ3) is 3.57. The number of carbonyl (C=O) groups excluding carboxylic acids is 2. The first-order chi connectivity index (χ1) is 12.2. The molecule has 1 aliphatic carbocycles. The SMILES string of the molecule is O=C1COc2cc(NC(=O)N(Cc3ccccc3)C3CC3)ccc2N1. The molecule has 1 saturated carbocycles. The van der Waals surface area contributed by atoms with Gasteiger partial charge in [-0.05, 0) is 30.5 Å². The molecule has 0 radical (unpaired) electrons. The second kappa shape index (κ2) is 6.47. The quantitative estimate of drug-likeness (QED) is 0.900. The maximum absolute atomic E-state index is 12.7. The van der Waals surface area contributed by atoms with Crippen LogP contribution in [-0.4, -0.2) is 29.5 Å². The van der Waals surface area contributed by atoms with Gasteiger partial charge in [-0.3, -0.25) is 4.79 Å². The Morgan fingerprint density at radius 1 is 1.20 bits per heavy atom. The molecule has 0 saturated heterocycles. The average Bonchev–Trinajstić information content (AvgIpc) is 3.45. The highest BCUT2D eigenvalue weighted by Crippen LogP contribution is 2.32. The smallest absolute Gasteiger partial charge is 0.322 e. The number of nitrogens with one attached hydrogen (secondary N) is 2. The molecule has 6 nitrogen and oxygen atoms in total. The molecular formula is C19H19N3O3. The van der Waals surface area contributed by atoms with Crippen molar-refractivity contribution in [1.82, 2.24) is 4.90 Å². The van der Waals surface area contributed by atoms with Gasteiger partial charge in [-0.25, -0.2) is 4.79 Å². The van der Waals surface area contributed by atoms with E-state index >= 15 is 0 Å². The summed E-state index contributed by atoms with van der Waals surface area (Å²) in [7, 11) is 0. The van der Waals surface area contributed by atoms with Gasteiger partial charge in [0, 0.05) is 24.3 Å². The zero-order valence-corrected chi connectivity index (χ0v) is 13.7. The molecular weight excluding hydrogens is 318 g/mol. The lowest BCUT2D eigenvalue weighted by atomic mass is 10.2. The number of hydrogen-bond donors (Lipinski definition) is 2. The number of amides is 3. The molecule has 0 bridgehead atoms. The fraction of sp³-hybridized carbons (Fsp3) is 0.263. The normalized spacial score (nSPS) is 15.6. The maximum Gasteiger partial charge on any atom is 0.322 e. The van der Waals surface area contributed by atoms with E-state index in [1.54, 1.807) is 18.2 Å². The third-order valence-corrected chi connectivity index (χ3v) is 4.31. The highest BCUT2D eigenvalue weighted by atomic mass is 16.5. The molecule has 2 N–H and O–H groups in total. The fourth-order valence-electron chi connectivity index (χ4n) is 2.88. The van der Waals surface area contributed by atoms with Crippen molar-refractivity contribution >= 4 is 23.3 Å². The van der Waals surface area contributed by atoms with Crippen molar-refractivity contribution in [1.29, 1.82) is 0 Å². The van der Waals surface area contributed by atoms with E-state index in [9.17, 15) is 9.59 Å². The van der Waals surface area contributed by atoms with Crippen LogP contribution in [0.5, 0.6) is 5.75 Å². The summed E-state index contributed by atoms with van der Waals surface area (Å²) >= 11 is 0. The van der Waals surface area contributed by atoms with Crippen molar-refractivity contribution in [2.45, 2.75) is 25.4 Å². The molecule has 25 heavy (non-hydrogen) atoms. The largest absolute Gasteiger partial charge is 0.482 e. The van der Waals surface area contributed by atoms with E-state index in [-0.39, 0.29) is 18.5 Å². The van der Waals surface area contributed by atoms with Crippen LogP contribution in [0.3, 0.4) is 0 Å². The standard InChI is InChI=1S/C19H19N3O3/c23-18-12-25-17-10-14(6-9-16(17)21-18)20-19(24)22(15-7-8-15)11-13-4-2-1-3-5-13/h1-6,9-10,15H,7-8,11-12H2,(H,20,24)(H,21,23). The van der Waals surface area contributed by atoms with Crippen LogP contribution in [-0.2, 0) is 11.3 Å². The second-order valence-corrected chi connectivity index (χ2v) is 6.32. The minimum atomic E-state index is -0.174. The van der Waals surface area contributed by atoms with Crippen molar-refractivity contribution in [3.63, 3.8) is 0 Å². The van der Waals surface area contributed by atoms with E-state index in [0.29, 0.717) is 29.7 Å². The number of hydrogen-bond acceptors (Lipinski definition) is 3. The molecule has 128 valence electrons. The van der Waals surface area contributed by atoms with Crippen LogP contribution in [0, 0.1) is 0 Å². The van der Waals surface area contributed by atoms with Crippen LogP contribution in [0.15, 0.2) is 48.5 Å². The van der Waals surface area contributed by atoms with Gasteiger partial charge in [0.05, 0.1) is 5.69 Å². The Balaban J connectivity index is 1.47. The van der Waals surface area contributed by atoms with E-state index < -0.39 is 0 Å². The summed E-state index contributed by atoms with van der Waals surface area (Å²) in [5.74, 6) is 0.394. The van der Waals surface area contributed by atoms with Gasteiger partial charge in [-0.1, -0.05) is 30.3 Å². The number of anilines is 2. The molecule has 0 unspecified atom stereocenters. The van der Waals surface area contributed by atoms with Gasteiger partial charge in [0.1, 0.15) is 5.75 Å². The average molecular weight is 337 g/mol. The number of nitrogens with zero attached hydrogens (tertiary/aromatic N) is 1. The van der Waals surface area contributed by atoms with Crippen molar-refractivity contribution < 1.29 is 14.3 Å². The van der Waals surface area contributed by atoms with Crippen LogP contribution >= 0.6 is 0 Å². The molecule has 1 heterocycles. The first-order valence-corrected chi connectivity index (χ1v) is 8.37. The van der Waals surface area contributed by atoms with Gasteiger partial charge in [0.15, 0.2) is 6.61 Å². The van der Waals surface area contributed by atoms with Crippen LogP contribution in [0.2, 0.25) is 0 Å². The monoisotopic (exact) mass is 337 g/mol. The Kier molecular flexibility index (Phi) is 4.01. The van der Waals surface area contributed by atoms with Crippen molar-refractivity contribution in [3.8, 4) is 5.75 Å². The van der Waals surface area contributed by atoms with Gasteiger partial charge in [0.25, 0.3) is 5.91 Å². The van der Waals surface area contributed by atoms with E-state index in [1.165, 1.54) is 0 Å². The van der Waals surface area contributed by atoms with Crippen molar-refractivity contribution in [2.75, 3.05) is 17.2 Å². The summed E-state index contributed by atoms with van der Waals surface area (Å²) in [6.45, 7) is 0.585. The van der Waals surface area contributed by atoms with Gasteiger partial charge in [0.2, 0.25) is 0 Å². The summed E-state index contributed by atoms with van der Waals surface area (Å²) in [5.41, 5.74) is 2.39. The summed E-state index contributed by atoms with van der Waals surface area (Å²) in [5, 5.41) is 5.68. The molecule has 1 fully saturated rings. The summed E-state index contributed by atoms with van der Waals surface area (Å²) < 4.78 is 5.40. The molecule has 0 spiro atoms. The summed E-state index contributed by atoms with van der Waals surface area (Å²) in [6.07, 6.45) is 2.08. The number of rotatable bonds is 4. The van der Waals surface area contributed by atoms with Crippen LogP contribution in [0.1, 0.15) is 18.4 Å². The molecule has 0 atom stereocenters. The van der Waals surface area contributed by atoms with E-state index in [4.69, 9.17) is 4.74 Å². The number of carbonyl (C=O) groups is 2. The number of ether oxygens (including phenoxy) is 1. The van der Waals surface area contributed by atoms with Crippen molar-refractivity contribution in [3.05, 3.63) is 54.1 Å². The lowest BCUT2D eigenvalue weighted by Crippen LogP contribution is -2.36. The highest BCUT2D eigenvalue weighted by molar-refractivity contribution is 5.96. The number of benzene rings is 2. The molecule has 3 amide bonds. The third-order valence-electron chi connectivity index (χ3n) is 4.31. The second-order valence-electron chi connectivity index (χ2n) is 6.32. The van der Waals surface area contributed by atoms with Gasteiger partial charge >= 0.3 is 6.03 Å². The maximum atomic E-state index is 12.7. The summed E-state index contributed by atoms with van der Waals surface area (Å²) in [6, 6.07) is 15.4. The van der Waals surface area contributed by atoms with Gasteiger partial charge in [-0.2, -0.15) is 0 Å². The molecule has 2 aromatic carbocycles. The molecule has 6 heteroatoms.